The highest BCUT2D eigenvalue weighted by molar-refractivity contribution is 6.31. The van der Waals surface area contributed by atoms with Crippen LogP contribution in [0, 0.1) is 10.1 Å². The van der Waals surface area contributed by atoms with Crippen LogP contribution in [0.3, 0.4) is 0 Å². The number of hydrogen-bond acceptors (Lipinski definition) is 5. The number of amides is 2. The molecule has 0 atom stereocenters. The van der Waals surface area contributed by atoms with Gasteiger partial charge in [-0.15, -0.1) is 0 Å². The van der Waals surface area contributed by atoms with Crippen LogP contribution in [0.1, 0.15) is 33.6 Å². The maximum absolute atomic E-state index is 12.4. The molecule has 1 aromatic carbocycles. The first kappa shape index (κ1) is 17.9. The Kier molecular flexibility index (Phi) is 5.22. The second-order valence-corrected chi connectivity index (χ2v) is 6.41. The molecule has 1 saturated heterocycles. The molecule has 2 amide bonds. The third-order valence-electron chi connectivity index (χ3n) is 4.29. The largest absolute Gasteiger partial charge is 0.472 e. The Bertz CT molecular complexity index is 829. The van der Waals surface area contributed by atoms with Gasteiger partial charge in [-0.1, -0.05) is 11.6 Å². The molecule has 1 aliphatic heterocycles. The van der Waals surface area contributed by atoms with Crippen molar-refractivity contribution >= 4 is 29.1 Å². The summed E-state index contributed by atoms with van der Waals surface area (Å²) >= 11 is 5.77. The molecular formula is C17H16ClN3O5. The van der Waals surface area contributed by atoms with Crippen LogP contribution in [0.25, 0.3) is 0 Å². The molecule has 0 spiro atoms. The average molecular weight is 378 g/mol. The maximum Gasteiger partial charge on any atom is 0.283 e. The Hall–Kier alpha value is -2.87. The summed E-state index contributed by atoms with van der Waals surface area (Å²) in [5.74, 6) is -0.634. The van der Waals surface area contributed by atoms with Crippen LogP contribution >= 0.6 is 11.6 Å². The van der Waals surface area contributed by atoms with Crippen molar-refractivity contribution in [3.8, 4) is 0 Å². The molecule has 0 saturated carbocycles. The number of halogens is 1. The summed E-state index contributed by atoms with van der Waals surface area (Å²) in [5, 5.41) is 14.1. The number of nitrogens with zero attached hydrogens (tertiary/aromatic N) is 2. The van der Waals surface area contributed by atoms with Crippen molar-refractivity contribution < 1.29 is 18.9 Å². The number of carbonyl (C=O) groups excluding carboxylic acids is 2. The number of carbonyl (C=O) groups is 2. The van der Waals surface area contributed by atoms with Gasteiger partial charge in [-0.3, -0.25) is 19.7 Å². The van der Waals surface area contributed by atoms with Crippen molar-refractivity contribution in [3.63, 3.8) is 0 Å². The van der Waals surface area contributed by atoms with Crippen LogP contribution in [0.5, 0.6) is 0 Å². The number of piperidine rings is 1. The predicted octanol–water partition coefficient (Wildman–Crippen LogP) is 2.88. The number of likely N-dealkylation sites (tertiary alicyclic amines) is 1. The van der Waals surface area contributed by atoms with Gasteiger partial charge in [0.15, 0.2) is 0 Å². The van der Waals surface area contributed by atoms with Gasteiger partial charge in [0.2, 0.25) is 0 Å². The van der Waals surface area contributed by atoms with Gasteiger partial charge >= 0.3 is 0 Å². The summed E-state index contributed by atoms with van der Waals surface area (Å²) in [4.78, 5) is 36.8. The normalized spacial score (nSPS) is 14.9. The van der Waals surface area contributed by atoms with Gasteiger partial charge in [-0.25, -0.2) is 0 Å². The van der Waals surface area contributed by atoms with Crippen LogP contribution in [-0.4, -0.2) is 40.8 Å². The molecule has 9 heteroatoms. The maximum atomic E-state index is 12.4. The van der Waals surface area contributed by atoms with Gasteiger partial charge in [0, 0.05) is 30.2 Å². The Balaban J connectivity index is 1.60. The standard InChI is InChI=1S/C17H16ClN3O5/c18-12-1-2-14(15(9-12)21(24)25)16(22)19-13-3-6-20(7-4-13)17(23)11-5-8-26-10-11/h1-2,5,8-10,13H,3-4,6-7H2,(H,19,22). The highest BCUT2D eigenvalue weighted by atomic mass is 35.5. The zero-order valence-electron chi connectivity index (χ0n) is 13.7. The molecule has 0 radical (unpaired) electrons. The van der Waals surface area contributed by atoms with Crippen molar-refractivity contribution in [2.75, 3.05) is 13.1 Å². The van der Waals surface area contributed by atoms with Crippen LogP contribution in [0.4, 0.5) is 5.69 Å². The molecule has 26 heavy (non-hydrogen) atoms. The van der Waals surface area contributed by atoms with Gasteiger partial charge in [-0.2, -0.15) is 0 Å². The molecule has 2 aromatic rings. The van der Waals surface area contributed by atoms with Crippen LogP contribution in [0.2, 0.25) is 5.02 Å². The van der Waals surface area contributed by atoms with Crippen molar-refractivity contribution in [2.45, 2.75) is 18.9 Å². The summed E-state index contributed by atoms with van der Waals surface area (Å²) in [7, 11) is 0. The zero-order valence-corrected chi connectivity index (χ0v) is 14.4. The number of hydrogen-bond donors (Lipinski definition) is 1. The molecular weight excluding hydrogens is 362 g/mol. The lowest BCUT2D eigenvalue weighted by Crippen LogP contribution is -2.46. The van der Waals surface area contributed by atoms with E-state index in [1.807, 2.05) is 0 Å². The molecule has 1 N–H and O–H groups in total. The van der Waals surface area contributed by atoms with E-state index in [1.165, 1.54) is 24.7 Å². The smallest absolute Gasteiger partial charge is 0.283 e. The van der Waals surface area contributed by atoms with Gasteiger partial charge in [0.05, 0.1) is 16.7 Å². The lowest BCUT2D eigenvalue weighted by atomic mass is 10.0. The first-order valence-electron chi connectivity index (χ1n) is 8.02. The number of nitrogens with one attached hydrogen (secondary N) is 1. The number of nitro benzene ring substituents is 1. The second kappa shape index (κ2) is 7.57. The highest BCUT2D eigenvalue weighted by Gasteiger charge is 2.27. The Morgan fingerprint density at radius 1 is 1.27 bits per heavy atom. The van der Waals surface area contributed by atoms with E-state index in [-0.39, 0.29) is 28.2 Å². The lowest BCUT2D eigenvalue weighted by molar-refractivity contribution is -0.385. The fourth-order valence-electron chi connectivity index (χ4n) is 2.91. The molecule has 1 aliphatic rings. The van der Waals surface area contributed by atoms with E-state index in [0.717, 1.165) is 6.07 Å². The Labute approximate surface area is 153 Å². The summed E-state index contributed by atoms with van der Waals surface area (Å²) in [5.41, 5.74) is 0.128. The van der Waals surface area contributed by atoms with E-state index < -0.39 is 10.8 Å². The summed E-state index contributed by atoms with van der Waals surface area (Å²) in [6, 6.07) is 5.38. The number of rotatable bonds is 4. The number of benzene rings is 1. The van der Waals surface area contributed by atoms with Crippen molar-refractivity contribution in [2.24, 2.45) is 0 Å². The minimum Gasteiger partial charge on any atom is -0.472 e. The Morgan fingerprint density at radius 2 is 2.00 bits per heavy atom. The van der Waals surface area contributed by atoms with E-state index in [0.29, 0.717) is 31.5 Å². The molecule has 0 aliphatic carbocycles. The van der Waals surface area contributed by atoms with Crippen LogP contribution in [-0.2, 0) is 0 Å². The lowest BCUT2D eigenvalue weighted by Gasteiger charge is -2.32. The molecule has 3 rings (SSSR count). The fraction of sp³-hybridized carbons (Fsp3) is 0.294. The molecule has 8 nitrogen and oxygen atoms in total. The van der Waals surface area contributed by atoms with Crippen molar-refractivity contribution in [3.05, 3.63) is 63.1 Å². The minimum absolute atomic E-state index is 0.0312. The van der Waals surface area contributed by atoms with E-state index >= 15 is 0 Å². The quantitative estimate of drug-likeness (QED) is 0.651. The number of nitro groups is 1. The summed E-state index contributed by atoms with van der Waals surface area (Å²) < 4.78 is 4.92. The number of furan rings is 1. The molecule has 0 unspecified atom stereocenters. The monoisotopic (exact) mass is 377 g/mol. The second-order valence-electron chi connectivity index (χ2n) is 5.97. The van der Waals surface area contributed by atoms with Gasteiger partial charge in [-0.05, 0) is 31.0 Å². The molecule has 136 valence electrons. The first-order chi connectivity index (χ1) is 12.5. The van der Waals surface area contributed by atoms with E-state index in [4.69, 9.17) is 16.0 Å². The van der Waals surface area contributed by atoms with Crippen LogP contribution < -0.4 is 5.32 Å². The molecule has 2 heterocycles. The van der Waals surface area contributed by atoms with E-state index in [2.05, 4.69) is 5.32 Å². The minimum atomic E-state index is -0.632. The molecule has 1 aromatic heterocycles. The zero-order chi connectivity index (χ0) is 18.7. The first-order valence-corrected chi connectivity index (χ1v) is 8.40. The van der Waals surface area contributed by atoms with Gasteiger partial charge in [0.1, 0.15) is 11.8 Å². The van der Waals surface area contributed by atoms with Gasteiger partial charge < -0.3 is 14.6 Å². The average Bonchev–Trinajstić information content (AvgIpc) is 3.16. The molecule has 0 bridgehead atoms. The van der Waals surface area contributed by atoms with E-state index in [9.17, 15) is 19.7 Å². The fourth-order valence-corrected chi connectivity index (χ4v) is 3.07. The summed E-state index contributed by atoms with van der Waals surface area (Å²) in [6.07, 6.45) is 3.97. The SMILES string of the molecule is O=C(NC1CCN(C(=O)c2ccoc2)CC1)c1ccc(Cl)cc1[N+](=O)[O-]. The Morgan fingerprint density at radius 3 is 2.62 bits per heavy atom. The molecule has 1 fully saturated rings. The summed E-state index contributed by atoms with van der Waals surface area (Å²) in [6.45, 7) is 0.968. The van der Waals surface area contributed by atoms with Gasteiger partial charge in [0.25, 0.3) is 17.5 Å². The predicted molar refractivity (Wildman–Crippen MR) is 93.2 cm³/mol. The van der Waals surface area contributed by atoms with Crippen molar-refractivity contribution in [1.82, 2.24) is 10.2 Å². The third kappa shape index (κ3) is 3.85. The van der Waals surface area contributed by atoms with Crippen molar-refractivity contribution in [1.29, 1.82) is 0 Å². The topological polar surface area (TPSA) is 106 Å². The third-order valence-corrected chi connectivity index (χ3v) is 4.52. The highest BCUT2D eigenvalue weighted by Crippen LogP contribution is 2.24. The van der Waals surface area contributed by atoms with E-state index in [1.54, 1.807) is 11.0 Å². The van der Waals surface area contributed by atoms with Crippen LogP contribution in [0.15, 0.2) is 41.2 Å².